The summed E-state index contributed by atoms with van der Waals surface area (Å²) in [6, 6.07) is 0. The molecule has 4 saturated carbocycles. The lowest BCUT2D eigenvalue weighted by Gasteiger charge is -2.61. The number of rotatable bonds is 0. The third kappa shape index (κ3) is 1.84. The minimum absolute atomic E-state index is 0.0254. The number of carbonyl (C=O) groups is 1. The number of hydrogen-bond donors (Lipinski definition) is 0. The molecule has 4 aliphatic carbocycles. The average Bonchev–Trinajstić information content (AvgIpc) is 3.02. The van der Waals surface area contributed by atoms with Crippen molar-refractivity contribution in [2.75, 3.05) is 6.61 Å². The fourth-order valence-electron chi connectivity index (χ4n) is 7.84. The monoisotopic (exact) mass is 332 g/mol. The van der Waals surface area contributed by atoms with Crippen molar-refractivity contribution in [1.29, 1.82) is 0 Å². The molecule has 0 radical (unpaired) electrons. The van der Waals surface area contributed by atoms with Gasteiger partial charge in [0.15, 0.2) is 5.79 Å². The maximum absolute atomic E-state index is 12.1. The highest BCUT2D eigenvalue weighted by atomic mass is 16.8. The van der Waals surface area contributed by atoms with E-state index in [4.69, 9.17) is 9.47 Å². The first-order valence-electron chi connectivity index (χ1n) is 10.1. The summed E-state index contributed by atoms with van der Waals surface area (Å²) in [4.78, 5) is 12.1. The van der Waals surface area contributed by atoms with Gasteiger partial charge in [0.2, 0.25) is 0 Å². The number of Topliss-reactive ketones (excluding diaryl/α,β-unsaturated/α-hetero) is 1. The van der Waals surface area contributed by atoms with Crippen LogP contribution in [0.4, 0.5) is 0 Å². The van der Waals surface area contributed by atoms with Gasteiger partial charge in [-0.05, 0) is 87.4 Å². The van der Waals surface area contributed by atoms with Gasteiger partial charge in [-0.15, -0.1) is 0 Å². The minimum atomic E-state index is -0.415. The van der Waals surface area contributed by atoms with Crippen molar-refractivity contribution in [2.45, 2.75) is 89.9 Å². The van der Waals surface area contributed by atoms with Crippen LogP contribution in [0.5, 0.6) is 0 Å². The van der Waals surface area contributed by atoms with Gasteiger partial charge >= 0.3 is 0 Å². The van der Waals surface area contributed by atoms with Gasteiger partial charge in [-0.25, -0.2) is 0 Å². The molecule has 1 saturated heterocycles. The lowest BCUT2D eigenvalue weighted by molar-refractivity contribution is -0.193. The summed E-state index contributed by atoms with van der Waals surface area (Å²) in [6.07, 6.45) is 10.5. The zero-order chi connectivity index (χ0) is 16.8. The Bertz CT molecular complexity index is 584. The first kappa shape index (κ1) is 15.8. The van der Waals surface area contributed by atoms with Crippen molar-refractivity contribution in [3.8, 4) is 0 Å². The number of fused-ring (bicyclic) bond motifs is 3. The fourth-order valence-corrected chi connectivity index (χ4v) is 7.84. The van der Waals surface area contributed by atoms with Crippen LogP contribution >= 0.6 is 0 Å². The predicted octanol–water partition coefficient (Wildman–Crippen LogP) is 4.48. The van der Waals surface area contributed by atoms with Crippen molar-refractivity contribution in [3.05, 3.63) is 0 Å². The molecule has 3 heteroatoms. The molecular formula is C21H32O3. The SMILES string of the molecule is CC1(C)OC[C@@]2(CC[C@]34C[C@H]2C[C@@H]3CC[C@@H]2CC(=O)CC[C@@]24C)O1. The van der Waals surface area contributed by atoms with Gasteiger partial charge < -0.3 is 9.47 Å². The maximum atomic E-state index is 12.1. The van der Waals surface area contributed by atoms with Crippen LogP contribution < -0.4 is 0 Å². The van der Waals surface area contributed by atoms with Crippen LogP contribution in [0.3, 0.4) is 0 Å². The molecule has 0 aromatic rings. The summed E-state index contributed by atoms with van der Waals surface area (Å²) >= 11 is 0. The molecule has 0 unspecified atom stereocenters. The molecule has 1 aliphatic heterocycles. The van der Waals surface area contributed by atoms with Crippen molar-refractivity contribution < 1.29 is 14.3 Å². The lowest BCUT2D eigenvalue weighted by atomic mass is 9.43. The molecule has 0 aromatic heterocycles. The minimum Gasteiger partial charge on any atom is -0.347 e. The molecule has 2 bridgehead atoms. The number of ether oxygens (including phenoxy) is 2. The fraction of sp³-hybridized carbons (Fsp3) is 0.952. The van der Waals surface area contributed by atoms with Gasteiger partial charge in [-0.2, -0.15) is 0 Å². The second-order valence-electron chi connectivity index (χ2n) is 10.3. The van der Waals surface area contributed by atoms with Crippen LogP contribution in [0, 0.1) is 28.6 Å². The van der Waals surface area contributed by atoms with Gasteiger partial charge in [-0.3, -0.25) is 4.79 Å². The Morgan fingerprint density at radius 3 is 2.54 bits per heavy atom. The summed E-state index contributed by atoms with van der Waals surface area (Å²) in [5.74, 6) is 2.25. The second-order valence-corrected chi connectivity index (χ2v) is 10.3. The summed E-state index contributed by atoms with van der Waals surface area (Å²) in [6.45, 7) is 7.47. The van der Waals surface area contributed by atoms with E-state index >= 15 is 0 Å². The van der Waals surface area contributed by atoms with Gasteiger partial charge in [0.1, 0.15) is 5.78 Å². The summed E-state index contributed by atoms with van der Waals surface area (Å²) in [5, 5.41) is 0. The van der Waals surface area contributed by atoms with Crippen LogP contribution in [0.25, 0.3) is 0 Å². The van der Waals surface area contributed by atoms with E-state index in [0.717, 1.165) is 38.2 Å². The molecule has 3 nitrogen and oxygen atoms in total. The van der Waals surface area contributed by atoms with Crippen molar-refractivity contribution >= 4 is 5.78 Å². The number of hydrogen-bond acceptors (Lipinski definition) is 3. The van der Waals surface area contributed by atoms with E-state index in [9.17, 15) is 4.79 Å². The molecule has 0 amide bonds. The van der Waals surface area contributed by atoms with Crippen LogP contribution in [-0.2, 0) is 14.3 Å². The zero-order valence-electron chi connectivity index (χ0n) is 15.5. The van der Waals surface area contributed by atoms with Gasteiger partial charge in [-0.1, -0.05) is 6.92 Å². The zero-order valence-corrected chi connectivity index (χ0v) is 15.5. The topological polar surface area (TPSA) is 35.5 Å². The molecule has 24 heavy (non-hydrogen) atoms. The van der Waals surface area contributed by atoms with Crippen LogP contribution in [0.15, 0.2) is 0 Å². The van der Waals surface area contributed by atoms with Crippen molar-refractivity contribution in [2.24, 2.45) is 28.6 Å². The first-order chi connectivity index (χ1) is 11.3. The highest BCUT2D eigenvalue weighted by molar-refractivity contribution is 5.79. The third-order valence-corrected chi connectivity index (χ3v) is 9.11. The van der Waals surface area contributed by atoms with E-state index in [0.29, 0.717) is 28.4 Å². The molecule has 1 heterocycles. The summed E-state index contributed by atoms with van der Waals surface area (Å²) in [5.41, 5.74) is 0.834. The van der Waals surface area contributed by atoms with Gasteiger partial charge in [0.05, 0.1) is 12.2 Å². The summed E-state index contributed by atoms with van der Waals surface area (Å²) in [7, 11) is 0. The van der Waals surface area contributed by atoms with Crippen molar-refractivity contribution in [1.82, 2.24) is 0 Å². The molecular weight excluding hydrogens is 300 g/mol. The largest absolute Gasteiger partial charge is 0.347 e. The van der Waals surface area contributed by atoms with E-state index < -0.39 is 5.79 Å². The van der Waals surface area contributed by atoms with Crippen LogP contribution in [0.1, 0.15) is 78.6 Å². The third-order valence-electron chi connectivity index (χ3n) is 9.11. The molecule has 5 rings (SSSR count). The molecule has 134 valence electrons. The Balaban J connectivity index is 1.49. The smallest absolute Gasteiger partial charge is 0.163 e. The molecule has 5 aliphatic rings. The van der Waals surface area contributed by atoms with E-state index in [1.165, 1.54) is 32.1 Å². The highest BCUT2D eigenvalue weighted by Crippen LogP contribution is 2.74. The molecule has 0 N–H and O–H groups in total. The number of carbonyl (C=O) groups excluding carboxylic acids is 1. The Hall–Kier alpha value is -0.410. The van der Waals surface area contributed by atoms with E-state index in [-0.39, 0.29) is 5.60 Å². The lowest BCUT2D eigenvalue weighted by Crippen LogP contribution is -2.56. The normalized spacial score (nSPS) is 55.5. The van der Waals surface area contributed by atoms with Crippen LogP contribution in [-0.4, -0.2) is 23.8 Å². The second kappa shape index (κ2) is 4.65. The van der Waals surface area contributed by atoms with E-state index in [1.807, 2.05) is 0 Å². The molecule has 6 atom stereocenters. The standard InChI is InChI=1S/C21H32O3/c1-18(2)23-13-21(24-18)9-8-20-12-16(21)10-15(20)5-4-14-11-17(22)6-7-19(14,20)3/h14-16H,4-13H2,1-3H3/t14-,15+,16-,19+,20+,21-/m1/s1. The number of ketones is 1. The first-order valence-corrected chi connectivity index (χ1v) is 10.1. The van der Waals surface area contributed by atoms with Gasteiger partial charge in [0.25, 0.3) is 0 Å². The average molecular weight is 332 g/mol. The Labute approximate surface area is 145 Å². The molecule has 0 aromatic carbocycles. The Morgan fingerprint density at radius 1 is 1.00 bits per heavy atom. The Morgan fingerprint density at radius 2 is 1.79 bits per heavy atom. The quantitative estimate of drug-likeness (QED) is 0.656. The molecule has 5 fully saturated rings. The molecule has 2 spiro atoms. The highest BCUT2D eigenvalue weighted by Gasteiger charge is 2.69. The summed E-state index contributed by atoms with van der Waals surface area (Å²) < 4.78 is 12.5. The predicted molar refractivity (Wildman–Crippen MR) is 91.4 cm³/mol. The van der Waals surface area contributed by atoms with E-state index in [1.54, 1.807) is 0 Å². The van der Waals surface area contributed by atoms with Gasteiger partial charge in [0, 0.05) is 12.8 Å². The van der Waals surface area contributed by atoms with Crippen LogP contribution in [0.2, 0.25) is 0 Å². The Kier molecular flexibility index (Phi) is 3.06. The van der Waals surface area contributed by atoms with E-state index in [2.05, 4.69) is 20.8 Å². The van der Waals surface area contributed by atoms with Crippen molar-refractivity contribution in [3.63, 3.8) is 0 Å². The maximum Gasteiger partial charge on any atom is 0.163 e.